The lowest BCUT2D eigenvalue weighted by Crippen LogP contribution is -2.14. The largest absolute Gasteiger partial charge is 0.497 e. The zero-order valence-corrected chi connectivity index (χ0v) is 11.3. The summed E-state index contributed by atoms with van der Waals surface area (Å²) in [7, 11) is 1.61. The number of amides is 1. The Labute approximate surface area is 116 Å². The number of benzene rings is 1. The molecule has 0 aliphatic carbocycles. The van der Waals surface area contributed by atoms with Gasteiger partial charge in [0.15, 0.2) is 0 Å². The van der Waals surface area contributed by atoms with Gasteiger partial charge in [-0.15, -0.1) is 0 Å². The Morgan fingerprint density at radius 3 is 2.70 bits per heavy atom. The normalized spacial score (nSPS) is 10.1. The third-order valence-corrected chi connectivity index (χ3v) is 2.90. The topological polar surface area (TPSA) is 103 Å². The summed E-state index contributed by atoms with van der Waals surface area (Å²) in [6.45, 7) is 1.94. The summed E-state index contributed by atoms with van der Waals surface area (Å²) >= 11 is 0. The molecule has 2 rings (SSSR count). The second-order valence-corrected chi connectivity index (χ2v) is 4.33. The first-order chi connectivity index (χ1) is 9.51. The van der Waals surface area contributed by atoms with Crippen LogP contribution >= 0.6 is 0 Å². The predicted molar refractivity (Wildman–Crippen MR) is 78.2 cm³/mol. The van der Waals surface area contributed by atoms with Gasteiger partial charge < -0.3 is 21.5 Å². The molecule has 104 valence electrons. The molecule has 1 amide bonds. The van der Waals surface area contributed by atoms with Crippen LogP contribution in [0.5, 0.6) is 5.75 Å². The quantitative estimate of drug-likeness (QED) is 0.787. The number of aryl methyl sites for hydroxylation is 1. The number of ether oxygens (including phenoxy) is 1. The molecule has 0 spiro atoms. The smallest absolute Gasteiger partial charge is 0.250 e. The molecule has 20 heavy (non-hydrogen) atoms. The predicted octanol–water partition coefficient (Wildman–Crippen LogP) is 1.82. The third-order valence-electron chi connectivity index (χ3n) is 2.90. The zero-order chi connectivity index (χ0) is 14.7. The molecule has 5 N–H and O–H groups in total. The molecule has 1 aromatic heterocycles. The molecule has 0 bridgehead atoms. The molecular formula is C14H16N4O2. The van der Waals surface area contributed by atoms with Crippen molar-refractivity contribution in [3.63, 3.8) is 0 Å². The number of pyridine rings is 1. The van der Waals surface area contributed by atoms with Gasteiger partial charge in [-0.2, -0.15) is 0 Å². The Hall–Kier alpha value is -2.76. The number of methoxy groups -OCH3 is 1. The van der Waals surface area contributed by atoms with Gasteiger partial charge in [-0.05, 0) is 36.8 Å². The van der Waals surface area contributed by atoms with Crippen LogP contribution < -0.4 is 21.5 Å². The number of anilines is 3. The number of nitrogens with one attached hydrogen (secondary N) is 1. The van der Waals surface area contributed by atoms with Gasteiger partial charge in [0.25, 0.3) is 5.91 Å². The molecule has 0 fully saturated rings. The number of nitrogens with zero attached hydrogens (tertiary/aromatic N) is 1. The monoisotopic (exact) mass is 272 g/mol. The van der Waals surface area contributed by atoms with E-state index < -0.39 is 5.91 Å². The maximum atomic E-state index is 11.2. The molecule has 0 aliphatic heterocycles. The number of carbonyl (C=O) groups excluding carboxylic acids is 1. The summed E-state index contributed by atoms with van der Waals surface area (Å²) in [5, 5.41) is 3.12. The van der Waals surface area contributed by atoms with E-state index in [2.05, 4.69) is 10.3 Å². The Kier molecular flexibility index (Phi) is 3.74. The Balaban J connectivity index is 2.30. The highest BCUT2D eigenvalue weighted by molar-refractivity contribution is 5.98. The van der Waals surface area contributed by atoms with Gasteiger partial charge in [0.05, 0.1) is 24.6 Å². The van der Waals surface area contributed by atoms with Gasteiger partial charge in [0.1, 0.15) is 11.6 Å². The minimum atomic E-state index is -0.584. The highest BCUT2D eigenvalue weighted by Gasteiger charge is 2.09. The zero-order valence-electron chi connectivity index (χ0n) is 11.3. The Morgan fingerprint density at radius 2 is 2.10 bits per heavy atom. The fraction of sp³-hybridized carbons (Fsp3) is 0.143. The van der Waals surface area contributed by atoms with E-state index >= 15 is 0 Å². The van der Waals surface area contributed by atoms with E-state index in [4.69, 9.17) is 16.2 Å². The summed E-state index contributed by atoms with van der Waals surface area (Å²) in [6, 6.07) is 7.13. The van der Waals surface area contributed by atoms with Crippen LogP contribution in [-0.2, 0) is 0 Å². The third kappa shape index (κ3) is 2.80. The van der Waals surface area contributed by atoms with E-state index in [1.165, 1.54) is 12.3 Å². The lowest BCUT2D eigenvalue weighted by molar-refractivity contribution is 0.100. The maximum absolute atomic E-state index is 11.2. The van der Waals surface area contributed by atoms with Crippen LogP contribution in [0.4, 0.5) is 17.2 Å². The van der Waals surface area contributed by atoms with Gasteiger partial charge in [-0.1, -0.05) is 0 Å². The molecule has 6 nitrogen and oxygen atoms in total. The highest BCUT2D eigenvalue weighted by atomic mass is 16.5. The Bertz CT molecular complexity index is 656. The van der Waals surface area contributed by atoms with Gasteiger partial charge >= 0.3 is 0 Å². The number of primary amides is 1. The minimum absolute atomic E-state index is 0.244. The number of carbonyl (C=O) groups is 1. The average molecular weight is 272 g/mol. The SMILES string of the molecule is COc1ccc(Nc2cc(C(N)=O)c(N)cn2)c(C)c1. The number of aromatic nitrogens is 1. The van der Waals surface area contributed by atoms with Gasteiger partial charge in [0.2, 0.25) is 0 Å². The van der Waals surface area contributed by atoms with E-state index in [0.717, 1.165) is 17.0 Å². The van der Waals surface area contributed by atoms with Crippen molar-refractivity contribution < 1.29 is 9.53 Å². The van der Waals surface area contributed by atoms with Crippen LogP contribution in [0.15, 0.2) is 30.5 Å². The second kappa shape index (κ2) is 5.48. The van der Waals surface area contributed by atoms with Crippen molar-refractivity contribution in [2.45, 2.75) is 6.92 Å². The molecule has 0 aliphatic rings. The lowest BCUT2D eigenvalue weighted by atomic mass is 10.1. The van der Waals surface area contributed by atoms with Gasteiger partial charge in [-0.3, -0.25) is 4.79 Å². The summed E-state index contributed by atoms with van der Waals surface area (Å²) in [5.74, 6) is 0.691. The van der Waals surface area contributed by atoms with Crippen molar-refractivity contribution in [3.8, 4) is 5.75 Å². The van der Waals surface area contributed by atoms with Crippen molar-refractivity contribution in [1.82, 2.24) is 4.98 Å². The van der Waals surface area contributed by atoms with Crippen LogP contribution in [0.3, 0.4) is 0 Å². The highest BCUT2D eigenvalue weighted by Crippen LogP contribution is 2.24. The first-order valence-corrected chi connectivity index (χ1v) is 5.98. The molecule has 1 aromatic carbocycles. The summed E-state index contributed by atoms with van der Waals surface area (Å²) < 4.78 is 5.15. The fourth-order valence-corrected chi connectivity index (χ4v) is 1.79. The van der Waals surface area contributed by atoms with Crippen LogP contribution in [-0.4, -0.2) is 18.0 Å². The second-order valence-electron chi connectivity index (χ2n) is 4.33. The first-order valence-electron chi connectivity index (χ1n) is 5.98. The number of rotatable bonds is 4. The number of nitrogen functional groups attached to an aromatic ring is 1. The van der Waals surface area contributed by atoms with Gasteiger partial charge in [0, 0.05) is 5.69 Å². The Morgan fingerprint density at radius 1 is 1.35 bits per heavy atom. The van der Waals surface area contributed by atoms with Crippen LogP contribution in [0.2, 0.25) is 0 Å². The molecule has 0 atom stereocenters. The first kappa shape index (κ1) is 13.7. The standard InChI is InChI=1S/C14H16N4O2/c1-8-5-9(20-2)3-4-12(8)18-13-6-10(14(16)19)11(15)7-17-13/h3-7H,15H2,1-2H3,(H2,16,19)(H,17,18). The molecule has 0 saturated carbocycles. The van der Waals surface area contributed by atoms with E-state index in [1.54, 1.807) is 7.11 Å². The molecule has 2 aromatic rings. The lowest BCUT2D eigenvalue weighted by Gasteiger charge is -2.11. The molecular weight excluding hydrogens is 256 g/mol. The van der Waals surface area contributed by atoms with Crippen LogP contribution in [0.1, 0.15) is 15.9 Å². The van der Waals surface area contributed by atoms with Crippen LogP contribution in [0.25, 0.3) is 0 Å². The summed E-state index contributed by atoms with van der Waals surface area (Å²) in [5.41, 5.74) is 13.2. The van der Waals surface area contributed by atoms with E-state index in [1.807, 2.05) is 25.1 Å². The average Bonchev–Trinajstić information content (AvgIpc) is 2.42. The summed E-state index contributed by atoms with van der Waals surface area (Å²) in [6.07, 6.45) is 1.40. The number of hydrogen-bond donors (Lipinski definition) is 3. The van der Waals surface area contributed by atoms with Crippen molar-refractivity contribution in [2.75, 3.05) is 18.2 Å². The van der Waals surface area contributed by atoms with E-state index in [0.29, 0.717) is 5.82 Å². The number of nitrogens with two attached hydrogens (primary N) is 2. The van der Waals surface area contributed by atoms with E-state index in [-0.39, 0.29) is 11.3 Å². The molecule has 6 heteroatoms. The molecule has 0 saturated heterocycles. The molecule has 1 heterocycles. The maximum Gasteiger partial charge on any atom is 0.250 e. The van der Waals surface area contributed by atoms with Crippen LogP contribution in [0, 0.1) is 6.92 Å². The van der Waals surface area contributed by atoms with Crippen molar-refractivity contribution in [2.24, 2.45) is 5.73 Å². The van der Waals surface area contributed by atoms with Gasteiger partial charge in [-0.25, -0.2) is 4.98 Å². The molecule has 0 unspecified atom stereocenters. The minimum Gasteiger partial charge on any atom is -0.497 e. The van der Waals surface area contributed by atoms with E-state index in [9.17, 15) is 4.79 Å². The van der Waals surface area contributed by atoms with Crippen molar-refractivity contribution in [1.29, 1.82) is 0 Å². The fourth-order valence-electron chi connectivity index (χ4n) is 1.79. The number of hydrogen-bond acceptors (Lipinski definition) is 5. The van der Waals surface area contributed by atoms with Crippen molar-refractivity contribution in [3.05, 3.63) is 41.6 Å². The van der Waals surface area contributed by atoms with Crippen molar-refractivity contribution >= 4 is 23.1 Å². The summed E-state index contributed by atoms with van der Waals surface area (Å²) in [4.78, 5) is 15.4. The molecule has 0 radical (unpaired) electrons.